The van der Waals surface area contributed by atoms with E-state index in [-0.39, 0.29) is 25.0 Å². The quantitative estimate of drug-likeness (QED) is 0.687. The summed E-state index contributed by atoms with van der Waals surface area (Å²) in [6.07, 6.45) is -2.53. The van der Waals surface area contributed by atoms with Crippen LogP contribution in [0, 0.1) is 0 Å². The third-order valence-corrected chi connectivity index (χ3v) is 3.55. The number of carbonyl (C=O) groups excluding carboxylic acids is 1. The van der Waals surface area contributed by atoms with Crippen molar-refractivity contribution in [3.8, 4) is 5.75 Å². The summed E-state index contributed by atoms with van der Waals surface area (Å²) < 4.78 is 45.6. The van der Waals surface area contributed by atoms with Crippen LogP contribution >= 0.6 is 0 Å². The first kappa shape index (κ1) is 17.6. The van der Waals surface area contributed by atoms with Crippen molar-refractivity contribution in [1.82, 2.24) is 4.90 Å². The molecule has 0 bridgehead atoms. The molecule has 4 nitrogen and oxygen atoms in total. The van der Waals surface area contributed by atoms with Crippen LogP contribution in [0.1, 0.15) is 24.8 Å². The molecule has 23 heavy (non-hydrogen) atoms. The first-order valence-corrected chi connectivity index (χ1v) is 7.46. The number of ether oxygens (including phenoxy) is 2. The molecule has 0 unspecified atom stereocenters. The van der Waals surface area contributed by atoms with E-state index >= 15 is 0 Å². The van der Waals surface area contributed by atoms with E-state index in [4.69, 9.17) is 4.74 Å². The van der Waals surface area contributed by atoms with Crippen LogP contribution in [0.15, 0.2) is 24.3 Å². The van der Waals surface area contributed by atoms with Gasteiger partial charge in [-0.3, -0.25) is 4.79 Å². The highest BCUT2D eigenvalue weighted by Crippen LogP contribution is 2.29. The average Bonchev–Trinajstić information content (AvgIpc) is 3.33. The molecule has 1 saturated carbocycles. The molecule has 128 valence electrons. The van der Waals surface area contributed by atoms with E-state index in [1.807, 2.05) is 24.3 Å². The van der Waals surface area contributed by atoms with Gasteiger partial charge in [0, 0.05) is 12.6 Å². The number of carbonyl (C=O) groups is 1. The summed E-state index contributed by atoms with van der Waals surface area (Å²) in [4.78, 5) is 13.9. The zero-order valence-corrected chi connectivity index (χ0v) is 12.9. The third-order valence-electron chi connectivity index (χ3n) is 3.55. The zero-order valence-electron chi connectivity index (χ0n) is 12.9. The lowest BCUT2D eigenvalue weighted by Gasteiger charge is -2.23. The van der Waals surface area contributed by atoms with E-state index < -0.39 is 12.8 Å². The molecule has 0 aliphatic heterocycles. The number of halogens is 3. The van der Waals surface area contributed by atoms with Gasteiger partial charge in [-0.05, 0) is 30.5 Å². The summed E-state index contributed by atoms with van der Waals surface area (Å²) in [5.41, 5.74) is 0.960. The molecule has 0 heterocycles. The Hall–Kier alpha value is -1.76. The fourth-order valence-electron chi connectivity index (χ4n) is 2.23. The van der Waals surface area contributed by atoms with Gasteiger partial charge in [-0.1, -0.05) is 12.1 Å². The monoisotopic (exact) mass is 331 g/mol. The Morgan fingerprint density at radius 2 is 1.91 bits per heavy atom. The number of hydrogen-bond acceptors (Lipinski definition) is 3. The lowest BCUT2D eigenvalue weighted by atomic mass is 10.2. The minimum atomic E-state index is -4.36. The Labute approximate surface area is 133 Å². The van der Waals surface area contributed by atoms with Gasteiger partial charge in [0.05, 0.1) is 20.1 Å². The molecule has 0 saturated heterocycles. The number of amides is 1. The van der Waals surface area contributed by atoms with Crippen molar-refractivity contribution in [1.29, 1.82) is 0 Å². The Bertz CT molecular complexity index is 512. The summed E-state index contributed by atoms with van der Waals surface area (Å²) >= 11 is 0. The summed E-state index contributed by atoms with van der Waals surface area (Å²) in [6.45, 7) is -1.08. The second kappa shape index (κ2) is 7.68. The molecule has 1 aliphatic carbocycles. The number of hydrogen-bond donors (Lipinski definition) is 0. The topological polar surface area (TPSA) is 38.8 Å². The predicted octanol–water partition coefficient (Wildman–Crippen LogP) is 3.16. The zero-order chi connectivity index (χ0) is 16.9. The molecule has 0 radical (unpaired) electrons. The largest absolute Gasteiger partial charge is 0.497 e. The standard InChI is InChI=1S/C16H20F3NO3/c1-22-14-6-2-12(3-7-14)10-20(13-4-5-13)15(21)8-9-23-11-16(17,18)19/h2-3,6-7,13H,4-5,8-11H2,1H3. The van der Waals surface area contributed by atoms with E-state index in [2.05, 4.69) is 4.74 Å². The molecule has 0 atom stereocenters. The van der Waals surface area contributed by atoms with Gasteiger partial charge in [-0.15, -0.1) is 0 Å². The molecule has 1 aromatic rings. The number of rotatable bonds is 8. The van der Waals surface area contributed by atoms with Crippen LogP contribution in [0.4, 0.5) is 13.2 Å². The smallest absolute Gasteiger partial charge is 0.411 e. The fraction of sp³-hybridized carbons (Fsp3) is 0.562. The van der Waals surface area contributed by atoms with Crippen molar-refractivity contribution < 1.29 is 27.4 Å². The molecule has 1 aromatic carbocycles. The Morgan fingerprint density at radius 1 is 1.26 bits per heavy atom. The van der Waals surface area contributed by atoms with Gasteiger partial charge < -0.3 is 14.4 Å². The van der Waals surface area contributed by atoms with E-state index in [1.54, 1.807) is 12.0 Å². The second-order valence-corrected chi connectivity index (χ2v) is 5.52. The van der Waals surface area contributed by atoms with E-state index in [0.29, 0.717) is 6.54 Å². The van der Waals surface area contributed by atoms with Crippen molar-refractivity contribution in [2.45, 2.75) is 38.0 Å². The molecule has 7 heteroatoms. The van der Waals surface area contributed by atoms with Gasteiger partial charge in [0.25, 0.3) is 0 Å². The Kier molecular flexibility index (Phi) is 5.87. The third kappa shape index (κ3) is 6.09. The second-order valence-electron chi connectivity index (χ2n) is 5.52. The van der Waals surface area contributed by atoms with Gasteiger partial charge >= 0.3 is 6.18 Å². The molecule has 1 fully saturated rings. The minimum Gasteiger partial charge on any atom is -0.497 e. The Balaban J connectivity index is 1.84. The van der Waals surface area contributed by atoms with Crippen LogP contribution in [-0.4, -0.2) is 43.3 Å². The van der Waals surface area contributed by atoms with Crippen LogP contribution in [0.25, 0.3) is 0 Å². The van der Waals surface area contributed by atoms with E-state index in [9.17, 15) is 18.0 Å². The maximum absolute atomic E-state index is 12.2. The lowest BCUT2D eigenvalue weighted by molar-refractivity contribution is -0.175. The number of nitrogens with zero attached hydrogens (tertiary/aromatic N) is 1. The van der Waals surface area contributed by atoms with E-state index in [0.717, 1.165) is 24.2 Å². The first-order chi connectivity index (χ1) is 10.9. The summed E-state index contributed by atoms with van der Waals surface area (Å²) in [5.74, 6) is 0.559. The summed E-state index contributed by atoms with van der Waals surface area (Å²) in [6, 6.07) is 7.57. The highest BCUT2D eigenvalue weighted by molar-refractivity contribution is 5.77. The SMILES string of the molecule is COc1ccc(CN(C(=O)CCOCC(F)(F)F)C2CC2)cc1. The molecular weight excluding hydrogens is 311 g/mol. The van der Waals surface area contributed by atoms with Gasteiger partial charge in [0.15, 0.2) is 0 Å². The molecule has 0 spiro atoms. The normalized spacial score (nSPS) is 14.6. The maximum atomic E-state index is 12.2. The van der Waals surface area contributed by atoms with Gasteiger partial charge in [-0.2, -0.15) is 13.2 Å². The molecule has 0 N–H and O–H groups in total. The van der Waals surface area contributed by atoms with Crippen LogP contribution < -0.4 is 4.74 Å². The molecule has 1 amide bonds. The molecular formula is C16H20F3NO3. The van der Waals surface area contributed by atoms with Crippen LogP contribution in [0.2, 0.25) is 0 Å². The summed E-state index contributed by atoms with van der Waals surface area (Å²) in [5, 5.41) is 0. The molecule has 1 aliphatic rings. The van der Waals surface area contributed by atoms with E-state index in [1.165, 1.54) is 0 Å². The highest BCUT2D eigenvalue weighted by Gasteiger charge is 2.32. The number of methoxy groups -OCH3 is 1. The van der Waals surface area contributed by atoms with Crippen molar-refractivity contribution in [2.24, 2.45) is 0 Å². The number of benzene rings is 1. The molecule has 0 aromatic heterocycles. The lowest BCUT2D eigenvalue weighted by Crippen LogP contribution is -2.33. The summed E-state index contributed by atoms with van der Waals surface area (Å²) in [7, 11) is 1.58. The van der Waals surface area contributed by atoms with Crippen molar-refractivity contribution in [3.05, 3.63) is 29.8 Å². The molecule has 2 rings (SSSR count). The Morgan fingerprint density at radius 3 is 2.43 bits per heavy atom. The average molecular weight is 331 g/mol. The van der Waals surface area contributed by atoms with Crippen molar-refractivity contribution in [2.75, 3.05) is 20.3 Å². The maximum Gasteiger partial charge on any atom is 0.411 e. The van der Waals surface area contributed by atoms with Crippen LogP contribution in [0.5, 0.6) is 5.75 Å². The van der Waals surface area contributed by atoms with Crippen LogP contribution in [0.3, 0.4) is 0 Å². The fourth-order valence-corrected chi connectivity index (χ4v) is 2.23. The number of alkyl halides is 3. The van der Waals surface area contributed by atoms with Crippen molar-refractivity contribution in [3.63, 3.8) is 0 Å². The van der Waals surface area contributed by atoms with Gasteiger partial charge in [0.1, 0.15) is 12.4 Å². The predicted molar refractivity (Wildman–Crippen MR) is 78.1 cm³/mol. The van der Waals surface area contributed by atoms with Crippen molar-refractivity contribution >= 4 is 5.91 Å². The highest BCUT2D eigenvalue weighted by atomic mass is 19.4. The van der Waals surface area contributed by atoms with Gasteiger partial charge in [-0.25, -0.2) is 0 Å². The van der Waals surface area contributed by atoms with Gasteiger partial charge in [0.2, 0.25) is 5.91 Å². The first-order valence-electron chi connectivity index (χ1n) is 7.46. The minimum absolute atomic E-state index is 0.0390. The van der Waals surface area contributed by atoms with Crippen LogP contribution in [-0.2, 0) is 16.1 Å².